The molecule has 9 heteroatoms. The van der Waals surface area contributed by atoms with Crippen LogP contribution in [0.25, 0.3) is 0 Å². The summed E-state index contributed by atoms with van der Waals surface area (Å²) in [6, 6.07) is 5.57. The summed E-state index contributed by atoms with van der Waals surface area (Å²) in [6.45, 7) is 0.691. The van der Waals surface area contributed by atoms with Crippen molar-refractivity contribution in [2.75, 3.05) is 6.61 Å². The van der Waals surface area contributed by atoms with Gasteiger partial charge in [-0.1, -0.05) is 24.0 Å². The molecule has 9 nitrogen and oxygen atoms in total. The Bertz CT molecular complexity index is 769. The van der Waals surface area contributed by atoms with Crippen LogP contribution in [0, 0.1) is 11.8 Å². The third kappa shape index (κ3) is 5.51. The molecule has 0 bridgehead atoms. The summed E-state index contributed by atoms with van der Waals surface area (Å²) in [7, 11) is 0. The van der Waals surface area contributed by atoms with Crippen molar-refractivity contribution in [3.05, 3.63) is 35.4 Å². The highest BCUT2D eigenvalue weighted by atomic mass is 16.5. The van der Waals surface area contributed by atoms with E-state index in [4.69, 9.17) is 4.74 Å². The molecule has 1 aliphatic heterocycles. The molecule has 0 aliphatic carbocycles. The molecule has 0 spiro atoms. The molecule has 1 aromatic carbocycles. The van der Waals surface area contributed by atoms with Gasteiger partial charge in [0, 0.05) is 18.9 Å². The summed E-state index contributed by atoms with van der Waals surface area (Å²) < 4.78 is 5.31. The molecule has 6 atom stereocenters. The molecule has 6 N–H and O–H groups in total. The molecule has 1 aliphatic rings. The number of carbonyl (C=O) groups is 2. The summed E-state index contributed by atoms with van der Waals surface area (Å²) in [6.07, 6.45) is -6.52. The van der Waals surface area contributed by atoms with Crippen molar-refractivity contribution in [3.63, 3.8) is 0 Å². The van der Waals surface area contributed by atoms with Crippen molar-refractivity contribution >= 4 is 11.9 Å². The van der Waals surface area contributed by atoms with Crippen molar-refractivity contribution < 1.29 is 39.9 Å². The Labute approximate surface area is 161 Å². The van der Waals surface area contributed by atoms with Gasteiger partial charge in [0.2, 0.25) is 5.91 Å². The molecule has 1 saturated heterocycles. The summed E-state index contributed by atoms with van der Waals surface area (Å²) >= 11 is 0. The SMILES string of the molecule is CC(=O)N[C@H](Cc1cccc(C#C[C@H]2O[C@H](CO)[C@@H](O)[C@H](O)[C@@H]2O)c1)C(=O)O. The Morgan fingerprint density at radius 3 is 2.54 bits per heavy atom. The van der Waals surface area contributed by atoms with Crippen molar-refractivity contribution in [2.45, 2.75) is 49.9 Å². The summed E-state index contributed by atoms with van der Waals surface area (Å²) in [5, 5.41) is 50.3. The average Bonchev–Trinajstić information content (AvgIpc) is 2.65. The summed E-state index contributed by atoms with van der Waals surface area (Å²) in [5.74, 6) is 3.80. The van der Waals surface area contributed by atoms with Crippen LogP contribution < -0.4 is 5.32 Å². The second-order valence-electron chi connectivity index (χ2n) is 6.51. The predicted molar refractivity (Wildman–Crippen MR) is 96.0 cm³/mol. The number of aliphatic hydroxyl groups is 4. The number of ether oxygens (including phenoxy) is 1. The molecule has 1 heterocycles. The molecule has 1 fully saturated rings. The molecule has 0 unspecified atom stereocenters. The Hall–Kier alpha value is -2.48. The third-order valence-corrected chi connectivity index (χ3v) is 4.29. The standard InChI is InChI=1S/C19H23NO8/c1-10(22)20-13(19(26)27)8-12-4-2-3-11(7-12)5-6-14-16(23)18(25)17(24)15(9-21)28-14/h2-4,7,13-18,21,23-25H,8-9H2,1H3,(H,20,22)(H,26,27)/t13-,14-,15-,16-,17-,18-/m1/s1. The van der Waals surface area contributed by atoms with Gasteiger partial charge in [-0.05, 0) is 17.7 Å². The Balaban J connectivity index is 2.15. The molecular weight excluding hydrogens is 370 g/mol. The van der Waals surface area contributed by atoms with Crippen LogP contribution in [0.15, 0.2) is 24.3 Å². The zero-order valence-corrected chi connectivity index (χ0v) is 15.1. The Morgan fingerprint density at radius 1 is 1.21 bits per heavy atom. The molecule has 0 aromatic heterocycles. The van der Waals surface area contributed by atoms with Crippen molar-refractivity contribution in [3.8, 4) is 11.8 Å². The van der Waals surface area contributed by atoms with Crippen LogP contribution in [0.4, 0.5) is 0 Å². The third-order valence-electron chi connectivity index (χ3n) is 4.29. The van der Waals surface area contributed by atoms with Gasteiger partial charge >= 0.3 is 5.97 Å². The van der Waals surface area contributed by atoms with Gasteiger partial charge in [0.15, 0.2) is 0 Å². The quantitative estimate of drug-likeness (QED) is 0.314. The minimum absolute atomic E-state index is 0.0600. The first-order valence-electron chi connectivity index (χ1n) is 8.63. The lowest BCUT2D eigenvalue weighted by molar-refractivity contribution is -0.214. The second-order valence-corrected chi connectivity index (χ2v) is 6.51. The Kier molecular flexibility index (Phi) is 7.51. The van der Waals surface area contributed by atoms with E-state index in [2.05, 4.69) is 17.2 Å². The van der Waals surface area contributed by atoms with E-state index < -0.39 is 55.0 Å². The lowest BCUT2D eigenvalue weighted by Crippen LogP contribution is -2.58. The van der Waals surface area contributed by atoms with Crippen molar-refractivity contribution in [1.82, 2.24) is 5.32 Å². The zero-order chi connectivity index (χ0) is 20.8. The van der Waals surface area contributed by atoms with Gasteiger partial charge < -0.3 is 35.6 Å². The lowest BCUT2D eigenvalue weighted by Gasteiger charge is -2.37. The number of carbonyl (C=O) groups excluding carboxylic acids is 1. The van der Waals surface area contributed by atoms with E-state index in [1.807, 2.05) is 0 Å². The van der Waals surface area contributed by atoms with E-state index in [1.165, 1.54) is 6.92 Å². The number of aliphatic hydroxyl groups excluding tert-OH is 4. The summed E-state index contributed by atoms with van der Waals surface area (Å²) in [5.41, 5.74) is 1.13. The van der Waals surface area contributed by atoms with Crippen LogP contribution in [0.2, 0.25) is 0 Å². The average molecular weight is 393 g/mol. The van der Waals surface area contributed by atoms with Gasteiger partial charge in [-0.3, -0.25) is 4.79 Å². The number of carboxylic acids is 1. The number of amides is 1. The van der Waals surface area contributed by atoms with Gasteiger partial charge in [0.25, 0.3) is 0 Å². The van der Waals surface area contributed by atoms with E-state index in [-0.39, 0.29) is 6.42 Å². The van der Waals surface area contributed by atoms with E-state index >= 15 is 0 Å². The molecule has 1 amide bonds. The fourth-order valence-electron chi connectivity index (χ4n) is 2.83. The van der Waals surface area contributed by atoms with Crippen LogP contribution in [0.5, 0.6) is 0 Å². The number of hydrogen-bond donors (Lipinski definition) is 6. The minimum Gasteiger partial charge on any atom is -0.480 e. The van der Waals surface area contributed by atoms with Crippen LogP contribution in [0.1, 0.15) is 18.1 Å². The maximum Gasteiger partial charge on any atom is 0.326 e. The zero-order valence-electron chi connectivity index (χ0n) is 15.1. The molecule has 0 radical (unpaired) electrons. The Morgan fingerprint density at radius 2 is 1.93 bits per heavy atom. The monoisotopic (exact) mass is 393 g/mol. The van der Waals surface area contributed by atoms with Gasteiger partial charge in [-0.2, -0.15) is 0 Å². The first-order valence-corrected chi connectivity index (χ1v) is 8.63. The highest BCUT2D eigenvalue weighted by molar-refractivity contribution is 5.82. The fraction of sp³-hybridized carbons (Fsp3) is 0.474. The lowest BCUT2D eigenvalue weighted by atomic mass is 9.95. The van der Waals surface area contributed by atoms with Crippen LogP contribution in [-0.2, 0) is 20.7 Å². The second kappa shape index (κ2) is 9.64. The highest BCUT2D eigenvalue weighted by Crippen LogP contribution is 2.20. The first-order chi connectivity index (χ1) is 13.2. The number of carboxylic acid groups (broad SMARTS) is 1. The van der Waals surface area contributed by atoms with Crippen LogP contribution in [-0.4, -0.2) is 80.6 Å². The molecule has 0 saturated carbocycles. The molecule has 152 valence electrons. The minimum atomic E-state index is -1.51. The van der Waals surface area contributed by atoms with E-state index in [1.54, 1.807) is 24.3 Å². The molecule has 2 rings (SSSR count). The van der Waals surface area contributed by atoms with Crippen molar-refractivity contribution in [1.29, 1.82) is 0 Å². The number of aliphatic carboxylic acids is 1. The molecular formula is C19H23NO8. The van der Waals surface area contributed by atoms with E-state index in [0.717, 1.165) is 0 Å². The van der Waals surface area contributed by atoms with Crippen LogP contribution >= 0.6 is 0 Å². The van der Waals surface area contributed by atoms with Gasteiger partial charge in [0.05, 0.1) is 6.61 Å². The van der Waals surface area contributed by atoms with Crippen molar-refractivity contribution in [2.24, 2.45) is 0 Å². The smallest absolute Gasteiger partial charge is 0.326 e. The number of rotatable bonds is 5. The topological polar surface area (TPSA) is 157 Å². The molecule has 28 heavy (non-hydrogen) atoms. The normalized spacial score (nSPS) is 28.0. The summed E-state index contributed by atoms with van der Waals surface area (Å²) in [4.78, 5) is 22.4. The highest BCUT2D eigenvalue weighted by Gasteiger charge is 2.42. The largest absolute Gasteiger partial charge is 0.480 e. The first kappa shape index (κ1) is 21.8. The maximum atomic E-state index is 11.3. The van der Waals surface area contributed by atoms with E-state index in [0.29, 0.717) is 11.1 Å². The fourth-order valence-corrected chi connectivity index (χ4v) is 2.83. The maximum absolute atomic E-state index is 11.3. The van der Waals surface area contributed by atoms with Gasteiger partial charge in [0.1, 0.15) is 36.6 Å². The number of nitrogens with one attached hydrogen (secondary N) is 1. The molecule has 1 aromatic rings. The van der Waals surface area contributed by atoms with Gasteiger partial charge in [-0.15, -0.1) is 0 Å². The number of benzene rings is 1. The van der Waals surface area contributed by atoms with E-state index in [9.17, 15) is 35.1 Å². The predicted octanol–water partition coefficient (Wildman–Crippen LogP) is -1.99. The van der Waals surface area contributed by atoms with Crippen LogP contribution in [0.3, 0.4) is 0 Å². The van der Waals surface area contributed by atoms with Gasteiger partial charge in [-0.25, -0.2) is 4.79 Å². The number of hydrogen-bond acceptors (Lipinski definition) is 7.